The second kappa shape index (κ2) is 6.64. The van der Waals surface area contributed by atoms with E-state index in [1.807, 2.05) is 40.1 Å². The van der Waals surface area contributed by atoms with Crippen molar-refractivity contribution < 1.29 is 14.3 Å². The van der Waals surface area contributed by atoms with E-state index in [1.165, 1.54) is 0 Å². The lowest BCUT2D eigenvalue weighted by molar-refractivity contribution is -0.152. The zero-order chi connectivity index (χ0) is 17.3. The van der Waals surface area contributed by atoms with Crippen LogP contribution in [0.5, 0.6) is 0 Å². The number of carbonyl (C=O) groups excluding carboxylic acids is 2. The summed E-state index contributed by atoms with van der Waals surface area (Å²) in [5.74, 6) is 0.405. The third-order valence-corrected chi connectivity index (χ3v) is 5.66. The van der Waals surface area contributed by atoms with E-state index in [-0.39, 0.29) is 29.9 Å². The van der Waals surface area contributed by atoms with Gasteiger partial charge in [-0.25, -0.2) is 0 Å². The van der Waals surface area contributed by atoms with Gasteiger partial charge in [0.05, 0.1) is 12.1 Å². The third kappa shape index (κ3) is 3.21. The molecule has 132 valence electrons. The maximum absolute atomic E-state index is 12.6. The van der Waals surface area contributed by atoms with Crippen molar-refractivity contribution in [3.63, 3.8) is 0 Å². The first-order valence-corrected chi connectivity index (χ1v) is 9.10. The quantitative estimate of drug-likeness (QED) is 0.777. The van der Waals surface area contributed by atoms with Crippen molar-refractivity contribution in [1.29, 1.82) is 0 Å². The minimum absolute atomic E-state index is 0.00682. The Labute approximate surface area is 148 Å². The first-order chi connectivity index (χ1) is 12.2. The molecule has 5 nitrogen and oxygen atoms in total. The molecule has 1 aromatic carbocycles. The summed E-state index contributed by atoms with van der Waals surface area (Å²) >= 11 is 0. The summed E-state index contributed by atoms with van der Waals surface area (Å²) in [6, 6.07) is 9.76. The monoisotopic (exact) mass is 340 g/mol. The zero-order valence-electron chi connectivity index (χ0n) is 14.4. The van der Waals surface area contributed by atoms with Crippen LogP contribution in [0.1, 0.15) is 25.7 Å². The van der Waals surface area contributed by atoms with Crippen LogP contribution in [0.4, 0.5) is 5.69 Å². The van der Waals surface area contributed by atoms with E-state index in [0.29, 0.717) is 19.6 Å². The van der Waals surface area contributed by atoms with E-state index in [0.717, 1.165) is 31.4 Å². The van der Waals surface area contributed by atoms with Gasteiger partial charge in [0.1, 0.15) is 6.61 Å². The molecule has 0 unspecified atom stereocenters. The van der Waals surface area contributed by atoms with Crippen LogP contribution in [-0.2, 0) is 14.3 Å². The average molecular weight is 340 g/mol. The van der Waals surface area contributed by atoms with Gasteiger partial charge in [-0.1, -0.05) is 30.4 Å². The number of benzene rings is 1. The van der Waals surface area contributed by atoms with Crippen LogP contribution in [-0.4, -0.2) is 48.6 Å². The minimum atomic E-state index is -0.325. The van der Waals surface area contributed by atoms with Crippen LogP contribution in [0.15, 0.2) is 42.5 Å². The number of hydrogen-bond acceptors (Lipinski definition) is 3. The molecular weight excluding hydrogens is 316 g/mol. The molecule has 2 aliphatic heterocycles. The Hall–Kier alpha value is -2.14. The molecule has 2 fully saturated rings. The molecule has 25 heavy (non-hydrogen) atoms. The van der Waals surface area contributed by atoms with Crippen molar-refractivity contribution in [3.8, 4) is 0 Å². The van der Waals surface area contributed by atoms with Crippen LogP contribution in [0, 0.1) is 5.92 Å². The highest BCUT2D eigenvalue weighted by atomic mass is 16.5. The van der Waals surface area contributed by atoms with Crippen molar-refractivity contribution in [3.05, 3.63) is 42.5 Å². The second-order valence-electron chi connectivity index (χ2n) is 7.25. The van der Waals surface area contributed by atoms with Gasteiger partial charge >= 0.3 is 0 Å². The molecule has 0 aromatic heterocycles. The lowest BCUT2D eigenvalue weighted by Crippen LogP contribution is -2.59. The topological polar surface area (TPSA) is 49.9 Å². The van der Waals surface area contributed by atoms with E-state index in [2.05, 4.69) is 12.2 Å². The fraction of sp³-hybridized carbons (Fsp3) is 0.500. The number of hydrogen-bond donors (Lipinski definition) is 0. The van der Waals surface area contributed by atoms with Gasteiger partial charge in [-0.15, -0.1) is 0 Å². The van der Waals surface area contributed by atoms with Gasteiger partial charge < -0.3 is 14.5 Å². The van der Waals surface area contributed by atoms with Gasteiger partial charge in [-0.3, -0.25) is 9.59 Å². The molecule has 1 aliphatic carbocycles. The molecule has 2 amide bonds. The summed E-state index contributed by atoms with van der Waals surface area (Å²) in [6.45, 7) is 2.12. The molecule has 0 saturated carbocycles. The highest BCUT2D eigenvalue weighted by Gasteiger charge is 2.43. The van der Waals surface area contributed by atoms with Crippen molar-refractivity contribution in [2.24, 2.45) is 5.92 Å². The molecule has 5 heteroatoms. The predicted octanol–water partition coefficient (Wildman–Crippen LogP) is 2.38. The van der Waals surface area contributed by atoms with Gasteiger partial charge in [-0.05, 0) is 37.8 Å². The lowest BCUT2D eigenvalue weighted by atomic mass is 9.88. The van der Waals surface area contributed by atoms with E-state index in [1.54, 1.807) is 0 Å². The molecule has 1 aromatic rings. The van der Waals surface area contributed by atoms with Crippen molar-refractivity contribution in [1.82, 2.24) is 4.90 Å². The third-order valence-electron chi connectivity index (χ3n) is 5.66. The van der Waals surface area contributed by atoms with Crippen LogP contribution < -0.4 is 4.90 Å². The van der Waals surface area contributed by atoms with E-state index < -0.39 is 0 Å². The normalized spacial score (nSPS) is 23.4. The number of rotatable bonds is 2. The number of allylic oxidation sites excluding steroid dienone is 2. The highest BCUT2D eigenvalue weighted by Crippen LogP contribution is 2.33. The summed E-state index contributed by atoms with van der Waals surface area (Å²) in [4.78, 5) is 28.7. The minimum Gasteiger partial charge on any atom is -0.363 e. The second-order valence-corrected chi connectivity index (χ2v) is 7.25. The average Bonchev–Trinajstić information content (AvgIpc) is 3.20. The maximum atomic E-state index is 12.6. The summed E-state index contributed by atoms with van der Waals surface area (Å²) in [5, 5.41) is 0. The van der Waals surface area contributed by atoms with E-state index >= 15 is 0 Å². The fourth-order valence-electron chi connectivity index (χ4n) is 4.07. The molecule has 0 N–H and O–H groups in total. The van der Waals surface area contributed by atoms with Crippen molar-refractivity contribution in [2.75, 3.05) is 31.1 Å². The Morgan fingerprint density at radius 2 is 1.76 bits per heavy atom. The Bertz CT molecular complexity index is 669. The smallest absolute Gasteiger partial charge is 0.253 e. The first kappa shape index (κ1) is 16.3. The lowest BCUT2D eigenvalue weighted by Gasteiger charge is -2.47. The fourth-order valence-corrected chi connectivity index (χ4v) is 4.07. The number of anilines is 1. The largest absolute Gasteiger partial charge is 0.363 e. The summed E-state index contributed by atoms with van der Waals surface area (Å²) in [6.07, 6.45) is 7.51. The molecule has 0 atom stereocenters. The van der Waals surface area contributed by atoms with Gasteiger partial charge in [0.25, 0.3) is 5.91 Å². The number of nitrogens with zero attached hydrogens (tertiary/aromatic N) is 2. The highest BCUT2D eigenvalue weighted by molar-refractivity contribution is 5.95. The Balaban J connectivity index is 1.41. The van der Waals surface area contributed by atoms with E-state index in [9.17, 15) is 9.59 Å². The summed E-state index contributed by atoms with van der Waals surface area (Å²) in [7, 11) is 0. The van der Waals surface area contributed by atoms with Gasteiger partial charge in [0, 0.05) is 24.7 Å². The van der Waals surface area contributed by atoms with Crippen LogP contribution in [0.3, 0.4) is 0 Å². The number of ether oxygens (including phenoxy) is 1. The Morgan fingerprint density at radius 1 is 1.08 bits per heavy atom. The number of para-hydroxylation sites is 1. The zero-order valence-corrected chi connectivity index (χ0v) is 14.4. The predicted molar refractivity (Wildman–Crippen MR) is 95.2 cm³/mol. The molecule has 0 radical (unpaired) electrons. The van der Waals surface area contributed by atoms with Crippen LogP contribution in [0.25, 0.3) is 0 Å². The number of carbonyl (C=O) groups is 2. The molecule has 4 rings (SSSR count). The molecule has 2 heterocycles. The Kier molecular flexibility index (Phi) is 4.34. The number of piperidine rings is 1. The Morgan fingerprint density at radius 3 is 2.44 bits per heavy atom. The molecule has 0 bridgehead atoms. The molecule has 1 spiro atoms. The van der Waals surface area contributed by atoms with Crippen LogP contribution in [0.2, 0.25) is 0 Å². The summed E-state index contributed by atoms with van der Waals surface area (Å²) in [5.41, 5.74) is 0.597. The number of morpholine rings is 1. The SMILES string of the molecule is O=C(C1CC=CC1)N1CCC2(CC1)CN(c1ccccc1)C(=O)CO2. The van der Waals surface area contributed by atoms with E-state index in [4.69, 9.17) is 4.74 Å². The summed E-state index contributed by atoms with van der Waals surface area (Å²) < 4.78 is 5.98. The van der Waals surface area contributed by atoms with Gasteiger partial charge in [0.2, 0.25) is 5.91 Å². The molecule has 2 saturated heterocycles. The standard InChI is InChI=1S/C20H24N2O3/c23-18-14-25-20(15-22(18)17-8-2-1-3-9-17)10-12-21(13-11-20)19(24)16-6-4-5-7-16/h1-5,8-9,16H,6-7,10-15H2. The number of likely N-dealkylation sites (tertiary alicyclic amines) is 1. The van der Waals surface area contributed by atoms with Crippen LogP contribution >= 0.6 is 0 Å². The number of amides is 2. The molecular formula is C20H24N2O3. The molecule has 3 aliphatic rings. The van der Waals surface area contributed by atoms with Crippen molar-refractivity contribution in [2.45, 2.75) is 31.3 Å². The van der Waals surface area contributed by atoms with Gasteiger partial charge in [-0.2, -0.15) is 0 Å². The van der Waals surface area contributed by atoms with Gasteiger partial charge in [0.15, 0.2) is 0 Å². The maximum Gasteiger partial charge on any atom is 0.253 e. The first-order valence-electron chi connectivity index (χ1n) is 9.10. The van der Waals surface area contributed by atoms with Crippen molar-refractivity contribution >= 4 is 17.5 Å².